The molecule has 0 bridgehead atoms. The molecule has 0 saturated carbocycles. The number of nitro benzene ring substituents is 1. The lowest BCUT2D eigenvalue weighted by Gasteiger charge is -2.33. The van der Waals surface area contributed by atoms with E-state index in [9.17, 15) is 15.2 Å². The summed E-state index contributed by atoms with van der Waals surface area (Å²) in [5.41, 5.74) is -0.412. The number of para-hydroxylation sites is 2. The van der Waals surface area contributed by atoms with E-state index >= 15 is 0 Å². The molecule has 1 heterocycles. The molecule has 2 rings (SSSR count). The SMILES string of the molecule is CCNC(=NCC(C)(O)CN1CCOCC1)NCCNc1ccccc1[N+](=O)[O-].I. The number of rotatable bonds is 10. The molecule has 0 spiro atoms. The third kappa shape index (κ3) is 9.41. The largest absolute Gasteiger partial charge is 0.387 e. The molecule has 1 aromatic carbocycles. The van der Waals surface area contributed by atoms with Gasteiger partial charge < -0.3 is 25.8 Å². The zero-order chi connectivity index (χ0) is 21.1. The van der Waals surface area contributed by atoms with Gasteiger partial charge in [-0.25, -0.2) is 0 Å². The van der Waals surface area contributed by atoms with Crippen LogP contribution in [0.4, 0.5) is 11.4 Å². The molecule has 4 N–H and O–H groups in total. The van der Waals surface area contributed by atoms with Crippen molar-refractivity contribution in [2.45, 2.75) is 19.4 Å². The Morgan fingerprint density at radius 3 is 2.67 bits per heavy atom. The molecule has 0 amide bonds. The molecule has 1 aliphatic heterocycles. The van der Waals surface area contributed by atoms with Crippen molar-refractivity contribution >= 4 is 41.3 Å². The highest BCUT2D eigenvalue weighted by atomic mass is 127. The van der Waals surface area contributed by atoms with Crippen LogP contribution in [0.15, 0.2) is 29.3 Å². The molecule has 0 radical (unpaired) electrons. The topological polar surface area (TPSA) is 124 Å². The quantitative estimate of drug-likeness (QED) is 0.0881. The van der Waals surface area contributed by atoms with Gasteiger partial charge >= 0.3 is 0 Å². The molecular weight excluding hydrogens is 503 g/mol. The Labute approximate surface area is 194 Å². The van der Waals surface area contributed by atoms with Gasteiger partial charge in [0, 0.05) is 45.3 Å². The van der Waals surface area contributed by atoms with Crippen LogP contribution in [0, 0.1) is 10.1 Å². The number of aliphatic hydroxyl groups is 1. The van der Waals surface area contributed by atoms with Gasteiger partial charge in [-0.05, 0) is 19.9 Å². The molecule has 0 aromatic heterocycles. The van der Waals surface area contributed by atoms with E-state index in [1.54, 1.807) is 25.1 Å². The first-order chi connectivity index (χ1) is 13.9. The average Bonchev–Trinajstić information content (AvgIpc) is 2.70. The summed E-state index contributed by atoms with van der Waals surface area (Å²) in [6, 6.07) is 6.54. The number of aliphatic imine (C=N–C) groups is 1. The molecule has 1 aromatic rings. The van der Waals surface area contributed by atoms with Crippen LogP contribution < -0.4 is 16.0 Å². The predicted molar refractivity (Wildman–Crippen MR) is 129 cm³/mol. The first kappa shape index (κ1) is 26.3. The highest BCUT2D eigenvalue weighted by Gasteiger charge is 2.25. The number of nitrogens with one attached hydrogen (secondary N) is 3. The van der Waals surface area contributed by atoms with Crippen LogP contribution in [0.1, 0.15) is 13.8 Å². The van der Waals surface area contributed by atoms with E-state index < -0.39 is 10.5 Å². The Kier molecular flexibility index (Phi) is 11.9. The predicted octanol–water partition coefficient (Wildman–Crippen LogP) is 1.26. The van der Waals surface area contributed by atoms with Crippen molar-refractivity contribution in [3.8, 4) is 0 Å². The van der Waals surface area contributed by atoms with Gasteiger partial charge in [0.2, 0.25) is 0 Å². The van der Waals surface area contributed by atoms with Gasteiger partial charge in [0.1, 0.15) is 5.69 Å². The molecule has 10 nitrogen and oxygen atoms in total. The minimum Gasteiger partial charge on any atom is -0.387 e. The smallest absolute Gasteiger partial charge is 0.292 e. The van der Waals surface area contributed by atoms with Gasteiger partial charge in [-0.3, -0.25) is 20.0 Å². The lowest BCUT2D eigenvalue weighted by Crippen LogP contribution is -2.48. The van der Waals surface area contributed by atoms with Crippen LogP contribution >= 0.6 is 24.0 Å². The van der Waals surface area contributed by atoms with Crippen LogP contribution in [0.25, 0.3) is 0 Å². The maximum Gasteiger partial charge on any atom is 0.292 e. The Bertz CT molecular complexity index is 683. The normalized spacial score (nSPS) is 16.8. The third-order valence-electron chi connectivity index (χ3n) is 4.42. The van der Waals surface area contributed by atoms with Gasteiger partial charge in [0.25, 0.3) is 5.69 Å². The summed E-state index contributed by atoms with van der Waals surface area (Å²) in [7, 11) is 0. The molecule has 1 unspecified atom stereocenters. The summed E-state index contributed by atoms with van der Waals surface area (Å²) in [5.74, 6) is 0.596. The standard InChI is InChI=1S/C19H32N6O4.HI/c1-3-20-18(23-14-19(2,26)15-24-10-12-29-13-11-24)22-9-8-21-16-6-4-5-7-17(16)25(27)28;/h4-7,21,26H,3,8-15H2,1-2H3,(H2,20,22,23);1H. The van der Waals surface area contributed by atoms with E-state index in [-0.39, 0.29) is 36.2 Å². The Hall–Kier alpha value is -1.70. The summed E-state index contributed by atoms with van der Waals surface area (Å²) in [6.45, 7) is 9.26. The fourth-order valence-electron chi connectivity index (χ4n) is 3.04. The van der Waals surface area contributed by atoms with Crippen molar-refractivity contribution in [3.05, 3.63) is 34.4 Å². The minimum atomic E-state index is -0.942. The van der Waals surface area contributed by atoms with Crippen molar-refractivity contribution in [1.82, 2.24) is 15.5 Å². The fraction of sp³-hybridized carbons (Fsp3) is 0.632. The van der Waals surface area contributed by atoms with Gasteiger partial charge in [0.15, 0.2) is 5.96 Å². The molecule has 1 saturated heterocycles. The van der Waals surface area contributed by atoms with Crippen LogP contribution in [0.3, 0.4) is 0 Å². The van der Waals surface area contributed by atoms with Crippen LogP contribution in [0.2, 0.25) is 0 Å². The molecule has 170 valence electrons. The molecular formula is C19H33IN6O4. The van der Waals surface area contributed by atoms with E-state index in [4.69, 9.17) is 4.74 Å². The van der Waals surface area contributed by atoms with Gasteiger partial charge in [-0.1, -0.05) is 12.1 Å². The van der Waals surface area contributed by atoms with Gasteiger partial charge in [-0.15, -0.1) is 24.0 Å². The number of halogens is 1. The Morgan fingerprint density at radius 1 is 1.30 bits per heavy atom. The number of ether oxygens (including phenoxy) is 1. The number of hydrogen-bond donors (Lipinski definition) is 4. The molecule has 11 heteroatoms. The van der Waals surface area contributed by atoms with Crippen molar-refractivity contribution in [3.63, 3.8) is 0 Å². The van der Waals surface area contributed by atoms with Crippen molar-refractivity contribution < 1.29 is 14.8 Å². The number of β-amino-alcohol motifs (C(OH)–C–C–N with tert-alkyl or cyclic N) is 1. The van der Waals surface area contributed by atoms with E-state index in [0.717, 1.165) is 13.1 Å². The summed E-state index contributed by atoms with van der Waals surface area (Å²) in [6.07, 6.45) is 0. The second kappa shape index (κ2) is 13.6. The van der Waals surface area contributed by atoms with E-state index in [1.165, 1.54) is 6.07 Å². The molecule has 30 heavy (non-hydrogen) atoms. The summed E-state index contributed by atoms with van der Waals surface area (Å²) < 4.78 is 5.34. The fourth-order valence-corrected chi connectivity index (χ4v) is 3.04. The van der Waals surface area contributed by atoms with E-state index in [0.29, 0.717) is 51.0 Å². The molecule has 1 aliphatic rings. The monoisotopic (exact) mass is 536 g/mol. The van der Waals surface area contributed by atoms with E-state index in [1.807, 2.05) is 6.92 Å². The lowest BCUT2D eigenvalue weighted by atomic mass is 10.1. The number of benzene rings is 1. The second-order valence-electron chi connectivity index (χ2n) is 7.21. The number of guanidine groups is 1. The number of morpholine rings is 1. The van der Waals surface area contributed by atoms with Gasteiger partial charge in [-0.2, -0.15) is 0 Å². The van der Waals surface area contributed by atoms with Crippen molar-refractivity contribution in [2.75, 3.05) is 64.3 Å². The highest BCUT2D eigenvalue weighted by molar-refractivity contribution is 14.0. The van der Waals surface area contributed by atoms with Crippen LogP contribution in [-0.2, 0) is 4.74 Å². The van der Waals surface area contributed by atoms with Crippen molar-refractivity contribution in [1.29, 1.82) is 0 Å². The summed E-state index contributed by atoms with van der Waals surface area (Å²) in [5, 5.41) is 31.1. The molecule has 1 atom stereocenters. The minimum absolute atomic E-state index is 0. The Morgan fingerprint density at radius 2 is 2.00 bits per heavy atom. The van der Waals surface area contributed by atoms with Gasteiger partial charge in [0.05, 0.1) is 30.3 Å². The average molecular weight is 536 g/mol. The number of hydrogen-bond acceptors (Lipinski definition) is 7. The Balaban J connectivity index is 0.00000450. The molecule has 0 aliphatic carbocycles. The molecule has 1 fully saturated rings. The van der Waals surface area contributed by atoms with Crippen LogP contribution in [0.5, 0.6) is 0 Å². The third-order valence-corrected chi connectivity index (χ3v) is 4.42. The second-order valence-corrected chi connectivity index (χ2v) is 7.21. The highest BCUT2D eigenvalue weighted by Crippen LogP contribution is 2.22. The maximum absolute atomic E-state index is 11.1. The van der Waals surface area contributed by atoms with Crippen molar-refractivity contribution in [2.24, 2.45) is 4.99 Å². The first-order valence-electron chi connectivity index (χ1n) is 9.93. The number of nitro groups is 1. The van der Waals surface area contributed by atoms with E-state index in [2.05, 4.69) is 25.8 Å². The zero-order valence-electron chi connectivity index (χ0n) is 17.6. The summed E-state index contributed by atoms with van der Waals surface area (Å²) >= 11 is 0. The lowest BCUT2D eigenvalue weighted by molar-refractivity contribution is -0.384. The summed E-state index contributed by atoms with van der Waals surface area (Å²) in [4.78, 5) is 17.3. The number of anilines is 1. The zero-order valence-corrected chi connectivity index (χ0v) is 19.9. The number of nitrogens with zero attached hydrogens (tertiary/aromatic N) is 3. The van der Waals surface area contributed by atoms with Crippen LogP contribution in [-0.4, -0.2) is 85.5 Å². The maximum atomic E-state index is 11.1. The first-order valence-corrected chi connectivity index (χ1v) is 9.93.